The molecule has 11 aromatic rings. The lowest BCUT2D eigenvalue weighted by Crippen LogP contribution is -1.92. The molecule has 0 amide bonds. The summed E-state index contributed by atoms with van der Waals surface area (Å²) in [4.78, 5) is 0. The first kappa shape index (κ1) is 33.5. The average molecular weight is 753 g/mol. The molecule has 2 nitrogen and oxygen atoms in total. The van der Waals surface area contributed by atoms with Gasteiger partial charge in [0.1, 0.15) is 22.7 Å². The third kappa shape index (κ3) is 5.49. The number of benzene rings is 9. The lowest BCUT2D eigenvalue weighted by molar-refractivity contribution is 0.564. The van der Waals surface area contributed by atoms with Gasteiger partial charge in [0.2, 0.25) is 0 Å². The van der Waals surface area contributed by atoms with Crippen LogP contribution < -0.4 is 0 Å². The van der Waals surface area contributed by atoms with Gasteiger partial charge < -0.3 is 8.83 Å². The molecule has 0 aliphatic heterocycles. The fourth-order valence-electron chi connectivity index (χ4n) is 9.41. The van der Waals surface area contributed by atoms with Crippen LogP contribution in [-0.4, -0.2) is 0 Å². The second kappa shape index (κ2) is 13.5. The highest BCUT2D eigenvalue weighted by molar-refractivity contribution is 6.24. The summed E-state index contributed by atoms with van der Waals surface area (Å²) >= 11 is 0. The minimum atomic E-state index is 0.694. The van der Waals surface area contributed by atoms with Gasteiger partial charge in [-0.1, -0.05) is 182 Å². The molecule has 2 heterocycles. The van der Waals surface area contributed by atoms with Gasteiger partial charge in [-0.05, 0) is 101 Å². The highest BCUT2D eigenvalue weighted by atomic mass is 16.3. The molecule has 0 fully saturated rings. The van der Waals surface area contributed by atoms with Crippen LogP contribution in [0.1, 0.15) is 16.9 Å². The van der Waals surface area contributed by atoms with E-state index in [2.05, 4.69) is 188 Å². The number of furan rings is 2. The van der Waals surface area contributed by atoms with E-state index in [0.29, 0.717) is 6.42 Å². The SMILES string of the molecule is C1=Cc2c(oc3cccc(-c4c5ccccc5c(-c5ccc(-c6cccc7ccccc67)cc5)c5ccccc45)c23)CC=C1c1ccc2oc(-c3ccccc3)cc2c1. The van der Waals surface area contributed by atoms with Crippen molar-refractivity contribution in [1.29, 1.82) is 0 Å². The zero-order valence-electron chi connectivity index (χ0n) is 32.2. The van der Waals surface area contributed by atoms with Crippen LogP contribution in [0.2, 0.25) is 0 Å². The van der Waals surface area contributed by atoms with Gasteiger partial charge in [0.05, 0.1) is 0 Å². The molecule has 1 aliphatic rings. The van der Waals surface area contributed by atoms with Crippen LogP contribution in [0.4, 0.5) is 0 Å². The van der Waals surface area contributed by atoms with E-state index in [1.165, 1.54) is 65.7 Å². The molecule has 9 aromatic carbocycles. The first-order chi connectivity index (χ1) is 29.2. The lowest BCUT2D eigenvalue weighted by atomic mass is 9.84. The third-order valence-corrected chi connectivity index (χ3v) is 12.1. The predicted octanol–water partition coefficient (Wildman–Crippen LogP) is 16.0. The highest BCUT2D eigenvalue weighted by Gasteiger charge is 2.23. The first-order valence-electron chi connectivity index (χ1n) is 20.3. The van der Waals surface area contributed by atoms with E-state index in [4.69, 9.17) is 8.83 Å². The molecule has 0 bridgehead atoms. The van der Waals surface area contributed by atoms with E-state index < -0.39 is 0 Å². The summed E-state index contributed by atoms with van der Waals surface area (Å²) in [7, 11) is 0. The monoisotopic (exact) mass is 752 g/mol. The molecule has 0 N–H and O–H groups in total. The Balaban J connectivity index is 0.975. The molecule has 0 spiro atoms. The minimum Gasteiger partial charge on any atom is -0.460 e. The minimum absolute atomic E-state index is 0.694. The molecule has 12 rings (SSSR count). The van der Waals surface area contributed by atoms with Crippen LogP contribution in [0.25, 0.3) is 111 Å². The van der Waals surface area contributed by atoms with Crippen molar-refractivity contribution in [2.45, 2.75) is 6.42 Å². The fourth-order valence-corrected chi connectivity index (χ4v) is 9.41. The van der Waals surface area contributed by atoms with E-state index in [1.54, 1.807) is 0 Å². The molecule has 59 heavy (non-hydrogen) atoms. The Hall–Kier alpha value is -7.68. The Morgan fingerprint density at radius 1 is 0.373 bits per heavy atom. The highest BCUT2D eigenvalue weighted by Crippen LogP contribution is 2.47. The molecular formula is C57H36O2. The topological polar surface area (TPSA) is 26.3 Å². The second-order valence-corrected chi connectivity index (χ2v) is 15.5. The Bertz CT molecular complexity index is 3440. The lowest BCUT2D eigenvalue weighted by Gasteiger charge is -2.18. The van der Waals surface area contributed by atoms with Gasteiger partial charge >= 0.3 is 0 Å². The third-order valence-electron chi connectivity index (χ3n) is 12.1. The Morgan fingerprint density at radius 2 is 1.00 bits per heavy atom. The largest absolute Gasteiger partial charge is 0.460 e. The van der Waals surface area contributed by atoms with E-state index in [1.807, 2.05) is 18.2 Å². The van der Waals surface area contributed by atoms with Crippen LogP contribution in [0.5, 0.6) is 0 Å². The van der Waals surface area contributed by atoms with Crippen molar-refractivity contribution < 1.29 is 8.83 Å². The maximum Gasteiger partial charge on any atom is 0.135 e. The predicted molar refractivity (Wildman–Crippen MR) is 247 cm³/mol. The molecule has 1 aliphatic carbocycles. The number of rotatable bonds is 5. The summed E-state index contributed by atoms with van der Waals surface area (Å²) in [5.41, 5.74) is 13.7. The van der Waals surface area contributed by atoms with Gasteiger partial charge in [-0.2, -0.15) is 0 Å². The average Bonchev–Trinajstić information content (AvgIpc) is 3.83. The zero-order valence-corrected chi connectivity index (χ0v) is 32.2. The molecule has 0 unspecified atom stereocenters. The normalized spacial score (nSPS) is 12.7. The van der Waals surface area contributed by atoms with Crippen molar-refractivity contribution in [3.05, 3.63) is 217 Å². The van der Waals surface area contributed by atoms with Crippen molar-refractivity contribution >= 4 is 65.9 Å². The zero-order chi connectivity index (χ0) is 38.9. The molecule has 0 saturated heterocycles. The number of hydrogen-bond acceptors (Lipinski definition) is 2. The number of allylic oxidation sites excluding steroid dienone is 3. The van der Waals surface area contributed by atoms with Crippen molar-refractivity contribution in [2.24, 2.45) is 0 Å². The summed E-state index contributed by atoms with van der Waals surface area (Å²) in [6.45, 7) is 0. The van der Waals surface area contributed by atoms with E-state index in [9.17, 15) is 0 Å². The molecule has 0 radical (unpaired) electrons. The van der Waals surface area contributed by atoms with Gasteiger partial charge in [-0.3, -0.25) is 0 Å². The van der Waals surface area contributed by atoms with Crippen molar-refractivity contribution in [2.75, 3.05) is 0 Å². The first-order valence-corrected chi connectivity index (χ1v) is 20.3. The Morgan fingerprint density at radius 3 is 1.78 bits per heavy atom. The van der Waals surface area contributed by atoms with Crippen LogP contribution in [-0.2, 0) is 6.42 Å². The molecule has 2 aromatic heterocycles. The maximum absolute atomic E-state index is 6.72. The summed E-state index contributed by atoms with van der Waals surface area (Å²) in [5, 5.41) is 9.67. The maximum atomic E-state index is 6.72. The summed E-state index contributed by atoms with van der Waals surface area (Å²) in [5.74, 6) is 1.86. The van der Waals surface area contributed by atoms with E-state index >= 15 is 0 Å². The molecule has 2 heteroatoms. The summed E-state index contributed by atoms with van der Waals surface area (Å²) < 4.78 is 13.0. The van der Waals surface area contributed by atoms with Crippen molar-refractivity contribution in [3.8, 4) is 44.7 Å². The second-order valence-electron chi connectivity index (χ2n) is 15.5. The quantitative estimate of drug-likeness (QED) is 0.164. The Kier molecular flexibility index (Phi) is 7.64. The van der Waals surface area contributed by atoms with Crippen LogP contribution >= 0.6 is 0 Å². The van der Waals surface area contributed by atoms with Gasteiger partial charge in [-0.15, -0.1) is 0 Å². The molecule has 276 valence electrons. The van der Waals surface area contributed by atoms with Gasteiger partial charge in [-0.25, -0.2) is 0 Å². The molecular weight excluding hydrogens is 717 g/mol. The number of fused-ring (bicyclic) bond motifs is 7. The van der Waals surface area contributed by atoms with E-state index in [-0.39, 0.29) is 0 Å². The Labute approximate surface area is 341 Å². The molecule has 0 saturated carbocycles. The van der Waals surface area contributed by atoms with Crippen LogP contribution in [0.15, 0.2) is 209 Å². The van der Waals surface area contributed by atoms with Crippen LogP contribution in [0, 0.1) is 0 Å². The number of hydrogen-bond donors (Lipinski definition) is 0. The summed E-state index contributed by atoms with van der Waals surface area (Å²) in [6, 6.07) is 67.5. The van der Waals surface area contributed by atoms with Crippen molar-refractivity contribution in [1.82, 2.24) is 0 Å². The summed E-state index contributed by atoms with van der Waals surface area (Å²) in [6.07, 6.45) is 7.49. The van der Waals surface area contributed by atoms with Gasteiger partial charge in [0.15, 0.2) is 0 Å². The van der Waals surface area contributed by atoms with Crippen LogP contribution in [0.3, 0.4) is 0 Å². The smallest absolute Gasteiger partial charge is 0.135 e. The standard InChI is InChI=1S/C57H36O2/c1-2-13-39(14-3-1)54-35-42-34-41(30-32-51(42)58-54)36-28-31-49-52(33-29-36)59-53-23-11-22-50(57(49)53)56-47-19-8-6-17-45(47)55(46-18-7-9-20-48(46)56)40-26-24-38(25-27-40)44-21-10-15-37-12-4-5-16-43(37)44/h1-32,34-35H,33H2. The van der Waals surface area contributed by atoms with E-state index in [0.717, 1.165) is 55.7 Å². The fraction of sp³-hybridized carbons (Fsp3) is 0.0175. The molecule has 0 atom stereocenters. The van der Waals surface area contributed by atoms with Crippen molar-refractivity contribution in [3.63, 3.8) is 0 Å². The van der Waals surface area contributed by atoms with Gasteiger partial charge in [0.25, 0.3) is 0 Å². The van der Waals surface area contributed by atoms with Gasteiger partial charge in [0, 0.05) is 28.3 Å².